The van der Waals surface area contributed by atoms with Gasteiger partial charge in [0.25, 0.3) is 5.91 Å². The second kappa shape index (κ2) is 6.85. The van der Waals surface area contributed by atoms with E-state index < -0.39 is 0 Å². The molecule has 6 heteroatoms. The Morgan fingerprint density at radius 3 is 2.85 bits per heavy atom. The largest absolute Gasteiger partial charge is 0.451 e. The van der Waals surface area contributed by atoms with Crippen LogP contribution in [0.3, 0.4) is 0 Å². The summed E-state index contributed by atoms with van der Waals surface area (Å²) in [4.78, 5) is 17.5. The lowest BCUT2D eigenvalue weighted by Gasteiger charge is -2.37. The molecular formula is C21H24N4O2. The van der Waals surface area contributed by atoms with Crippen LogP contribution in [-0.4, -0.2) is 51.7 Å². The van der Waals surface area contributed by atoms with Crippen molar-refractivity contribution in [1.82, 2.24) is 19.6 Å². The molecule has 140 valence electrons. The van der Waals surface area contributed by atoms with E-state index in [4.69, 9.17) is 4.42 Å². The molecule has 1 aromatic carbocycles. The number of hydrogen-bond donors (Lipinski definition) is 0. The number of fused-ring (bicyclic) bond motifs is 2. The van der Waals surface area contributed by atoms with Gasteiger partial charge in [-0.2, -0.15) is 5.10 Å². The van der Waals surface area contributed by atoms with Crippen LogP contribution in [-0.2, 0) is 6.54 Å². The first-order chi connectivity index (χ1) is 13.3. The van der Waals surface area contributed by atoms with Crippen LogP contribution < -0.4 is 0 Å². The number of furan rings is 1. The lowest BCUT2D eigenvalue weighted by molar-refractivity contribution is 0.0602. The lowest BCUT2D eigenvalue weighted by Crippen LogP contribution is -2.46. The SMILES string of the molecule is O=C(c1cc2ccccc2o1)N1Cc2ccnn2[C@H](CN2CCCCC2)C1. The van der Waals surface area contributed by atoms with E-state index in [0.29, 0.717) is 18.8 Å². The Hall–Kier alpha value is -2.60. The molecule has 2 aliphatic heterocycles. The minimum absolute atomic E-state index is 0.0395. The Bertz CT molecular complexity index is 921. The van der Waals surface area contributed by atoms with E-state index in [-0.39, 0.29) is 11.9 Å². The minimum atomic E-state index is -0.0395. The molecule has 2 aromatic heterocycles. The van der Waals surface area contributed by atoms with Crippen LogP contribution in [0.15, 0.2) is 47.0 Å². The molecule has 6 nitrogen and oxygen atoms in total. The smallest absolute Gasteiger partial charge is 0.290 e. The van der Waals surface area contributed by atoms with Crippen molar-refractivity contribution in [1.29, 1.82) is 0 Å². The summed E-state index contributed by atoms with van der Waals surface area (Å²) in [5.74, 6) is 0.378. The fourth-order valence-corrected chi connectivity index (χ4v) is 4.36. The average molecular weight is 364 g/mol. The summed E-state index contributed by atoms with van der Waals surface area (Å²) < 4.78 is 7.92. The number of amides is 1. The van der Waals surface area contributed by atoms with Gasteiger partial charge in [-0.15, -0.1) is 0 Å². The number of para-hydroxylation sites is 1. The minimum Gasteiger partial charge on any atom is -0.451 e. The van der Waals surface area contributed by atoms with Gasteiger partial charge in [0.05, 0.1) is 18.3 Å². The van der Waals surface area contributed by atoms with Crippen LogP contribution >= 0.6 is 0 Å². The van der Waals surface area contributed by atoms with Crippen LogP contribution in [0.4, 0.5) is 0 Å². The van der Waals surface area contributed by atoms with E-state index in [1.54, 1.807) is 0 Å². The summed E-state index contributed by atoms with van der Waals surface area (Å²) in [6.07, 6.45) is 5.69. The first kappa shape index (κ1) is 16.6. The third-order valence-electron chi connectivity index (χ3n) is 5.72. The Balaban J connectivity index is 1.39. The first-order valence-electron chi connectivity index (χ1n) is 9.80. The van der Waals surface area contributed by atoms with E-state index in [0.717, 1.165) is 36.3 Å². The van der Waals surface area contributed by atoms with Gasteiger partial charge in [-0.05, 0) is 44.1 Å². The Kier molecular flexibility index (Phi) is 4.20. The van der Waals surface area contributed by atoms with Crippen molar-refractivity contribution < 1.29 is 9.21 Å². The zero-order chi connectivity index (χ0) is 18.2. The highest BCUT2D eigenvalue weighted by molar-refractivity contribution is 5.96. The molecule has 0 saturated carbocycles. The molecule has 5 rings (SSSR count). The zero-order valence-electron chi connectivity index (χ0n) is 15.4. The standard InChI is InChI=1S/C21H24N4O2/c26-21(20-12-16-6-2-3-7-19(16)27-20)24-14-17-8-9-22-25(17)18(15-24)13-23-10-4-1-5-11-23/h2-3,6-9,12,18H,1,4-5,10-11,13-15H2/t18-/m1/s1. The molecule has 1 fully saturated rings. The van der Waals surface area contributed by atoms with Crippen LogP contribution in [0.5, 0.6) is 0 Å². The maximum atomic E-state index is 13.1. The number of likely N-dealkylation sites (tertiary alicyclic amines) is 1. The Morgan fingerprint density at radius 2 is 2.00 bits per heavy atom. The number of piperidine rings is 1. The molecule has 1 atom stereocenters. The quantitative estimate of drug-likeness (QED) is 0.715. The van der Waals surface area contributed by atoms with Gasteiger partial charge < -0.3 is 14.2 Å². The Morgan fingerprint density at radius 1 is 1.15 bits per heavy atom. The number of aromatic nitrogens is 2. The van der Waals surface area contributed by atoms with E-state index in [1.165, 1.54) is 19.3 Å². The number of nitrogens with zero attached hydrogens (tertiary/aromatic N) is 4. The molecule has 1 saturated heterocycles. The van der Waals surface area contributed by atoms with Crippen molar-refractivity contribution in [3.63, 3.8) is 0 Å². The van der Waals surface area contributed by atoms with Crippen LogP contribution in [0.1, 0.15) is 41.6 Å². The van der Waals surface area contributed by atoms with Gasteiger partial charge in [0.2, 0.25) is 0 Å². The van der Waals surface area contributed by atoms with Crippen LogP contribution in [0.25, 0.3) is 11.0 Å². The molecule has 0 N–H and O–H groups in total. The second-order valence-electron chi connectivity index (χ2n) is 7.62. The van der Waals surface area contributed by atoms with Crippen LogP contribution in [0.2, 0.25) is 0 Å². The Labute approximate surface area is 158 Å². The lowest BCUT2D eigenvalue weighted by atomic mass is 10.1. The highest BCUT2D eigenvalue weighted by Gasteiger charge is 2.31. The summed E-state index contributed by atoms with van der Waals surface area (Å²) in [6, 6.07) is 11.8. The van der Waals surface area contributed by atoms with Gasteiger partial charge in [-0.1, -0.05) is 24.6 Å². The topological polar surface area (TPSA) is 54.5 Å². The second-order valence-corrected chi connectivity index (χ2v) is 7.62. The molecule has 0 aliphatic carbocycles. The molecular weight excluding hydrogens is 340 g/mol. The van der Waals surface area contributed by atoms with Gasteiger partial charge in [-0.25, -0.2) is 0 Å². The first-order valence-corrected chi connectivity index (χ1v) is 9.80. The van der Waals surface area contributed by atoms with Gasteiger partial charge in [0.15, 0.2) is 5.76 Å². The van der Waals surface area contributed by atoms with Gasteiger partial charge in [0, 0.05) is 24.7 Å². The molecule has 27 heavy (non-hydrogen) atoms. The van der Waals surface area contributed by atoms with Crippen molar-refractivity contribution in [2.24, 2.45) is 0 Å². The van der Waals surface area contributed by atoms with E-state index in [2.05, 4.69) is 14.7 Å². The van der Waals surface area contributed by atoms with Gasteiger partial charge in [-0.3, -0.25) is 9.48 Å². The van der Waals surface area contributed by atoms with Gasteiger partial charge in [0.1, 0.15) is 5.58 Å². The number of hydrogen-bond acceptors (Lipinski definition) is 4. The highest BCUT2D eigenvalue weighted by Crippen LogP contribution is 2.26. The molecule has 0 spiro atoms. The third kappa shape index (κ3) is 3.14. The van der Waals surface area contributed by atoms with E-state index in [1.807, 2.05) is 47.5 Å². The number of carbonyl (C=O) groups excluding carboxylic acids is 1. The average Bonchev–Trinajstić information content (AvgIpc) is 3.35. The monoisotopic (exact) mass is 364 g/mol. The summed E-state index contributed by atoms with van der Waals surface area (Å²) >= 11 is 0. The molecule has 0 bridgehead atoms. The van der Waals surface area contributed by atoms with Crippen LogP contribution in [0, 0.1) is 0 Å². The fourth-order valence-electron chi connectivity index (χ4n) is 4.36. The molecule has 0 radical (unpaired) electrons. The predicted molar refractivity (Wildman–Crippen MR) is 103 cm³/mol. The van der Waals surface area contributed by atoms with E-state index in [9.17, 15) is 4.79 Å². The molecule has 2 aliphatic rings. The van der Waals surface area contributed by atoms with Gasteiger partial charge >= 0.3 is 0 Å². The maximum absolute atomic E-state index is 13.1. The van der Waals surface area contributed by atoms with Crippen molar-refractivity contribution >= 4 is 16.9 Å². The highest BCUT2D eigenvalue weighted by atomic mass is 16.3. The summed E-state index contributed by atoms with van der Waals surface area (Å²) in [6.45, 7) is 4.47. The third-order valence-corrected chi connectivity index (χ3v) is 5.72. The normalized spacial score (nSPS) is 20.7. The summed E-state index contributed by atoms with van der Waals surface area (Å²) in [5.41, 5.74) is 1.85. The molecule has 4 heterocycles. The summed E-state index contributed by atoms with van der Waals surface area (Å²) in [5, 5.41) is 5.50. The molecule has 1 amide bonds. The molecule has 0 unspecified atom stereocenters. The van der Waals surface area contributed by atoms with E-state index >= 15 is 0 Å². The predicted octanol–water partition coefficient (Wildman–Crippen LogP) is 3.31. The number of rotatable bonds is 3. The van der Waals surface area contributed by atoms with Crippen molar-refractivity contribution in [2.45, 2.75) is 31.8 Å². The fraction of sp³-hybridized carbons (Fsp3) is 0.429. The van der Waals surface area contributed by atoms with Crippen molar-refractivity contribution in [3.05, 3.63) is 54.0 Å². The maximum Gasteiger partial charge on any atom is 0.290 e. The zero-order valence-corrected chi connectivity index (χ0v) is 15.4. The summed E-state index contributed by atoms with van der Waals surface area (Å²) in [7, 11) is 0. The van der Waals surface area contributed by atoms with Crippen molar-refractivity contribution in [2.75, 3.05) is 26.2 Å². The number of carbonyl (C=O) groups is 1. The number of benzene rings is 1. The molecule has 3 aromatic rings. The van der Waals surface area contributed by atoms with Crippen molar-refractivity contribution in [3.8, 4) is 0 Å².